The third-order valence-corrected chi connectivity index (χ3v) is 5.64. The van der Waals surface area contributed by atoms with E-state index in [0.29, 0.717) is 6.42 Å². The van der Waals surface area contributed by atoms with Gasteiger partial charge in [-0.05, 0) is 31.4 Å². The summed E-state index contributed by atoms with van der Waals surface area (Å²) in [7, 11) is -3.78. The molecule has 1 aromatic carbocycles. The van der Waals surface area contributed by atoms with Gasteiger partial charge in [0.1, 0.15) is 0 Å². The number of nitrogens with two attached hydrogens (primary N) is 1. The molecule has 1 aromatic rings. The number of hydrogen-bond donors (Lipinski definition) is 3. The third kappa shape index (κ3) is 5.48. The van der Waals surface area contributed by atoms with Crippen molar-refractivity contribution in [3.63, 3.8) is 0 Å². The fourth-order valence-electron chi connectivity index (χ4n) is 2.81. The van der Waals surface area contributed by atoms with Crippen LogP contribution in [0.3, 0.4) is 0 Å². The number of nitrogens with zero attached hydrogens (tertiary/aromatic N) is 1. The number of nitro benzene ring substituents is 1. The first kappa shape index (κ1) is 19.3. The summed E-state index contributed by atoms with van der Waals surface area (Å²) in [4.78, 5) is 21.9. The summed E-state index contributed by atoms with van der Waals surface area (Å²) < 4.78 is 26.5. The van der Waals surface area contributed by atoms with Crippen molar-refractivity contribution >= 4 is 21.6 Å². The van der Waals surface area contributed by atoms with Gasteiger partial charge in [0.15, 0.2) is 0 Å². The number of nitrogens with one attached hydrogen (secondary N) is 2. The van der Waals surface area contributed by atoms with Crippen molar-refractivity contribution in [2.24, 2.45) is 11.7 Å². The normalized spacial score (nSPS) is 20.8. The standard InChI is InChI=1S/C15H22N4O5S/c16-12-3-1-2-11(10-12)15(20)17-8-9-18-25(23,24)14-6-4-13(5-7-14)19(21)22/h4-7,11-12,18H,1-3,8-10,16H2,(H,17,20). The van der Waals surface area contributed by atoms with Crippen LogP contribution in [-0.2, 0) is 14.8 Å². The molecule has 2 rings (SSSR count). The summed E-state index contributed by atoms with van der Waals surface area (Å²) in [6.07, 6.45) is 3.30. The molecule has 138 valence electrons. The Hall–Kier alpha value is -2.04. The summed E-state index contributed by atoms with van der Waals surface area (Å²) in [6, 6.07) is 4.64. The summed E-state index contributed by atoms with van der Waals surface area (Å²) in [5, 5.41) is 13.3. The lowest BCUT2D eigenvalue weighted by Gasteiger charge is -2.25. The number of non-ortho nitro benzene ring substituents is 1. The van der Waals surface area contributed by atoms with Crippen molar-refractivity contribution in [3.8, 4) is 0 Å². The van der Waals surface area contributed by atoms with Gasteiger partial charge in [0.2, 0.25) is 15.9 Å². The molecular formula is C15H22N4O5S. The predicted molar refractivity (Wildman–Crippen MR) is 91.2 cm³/mol. The maximum atomic E-state index is 12.1. The van der Waals surface area contributed by atoms with Crippen LogP contribution >= 0.6 is 0 Å². The van der Waals surface area contributed by atoms with E-state index in [4.69, 9.17) is 5.73 Å². The van der Waals surface area contributed by atoms with E-state index in [2.05, 4.69) is 10.0 Å². The van der Waals surface area contributed by atoms with E-state index in [9.17, 15) is 23.3 Å². The summed E-state index contributed by atoms with van der Waals surface area (Å²) >= 11 is 0. The smallest absolute Gasteiger partial charge is 0.269 e. The Balaban J connectivity index is 1.80. The molecule has 1 aliphatic carbocycles. The Kier molecular flexibility index (Phi) is 6.45. The van der Waals surface area contributed by atoms with E-state index in [1.165, 1.54) is 12.1 Å². The molecule has 2 unspecified atom stereocenters. The van der Waals surface area contributed by atoms with Crippen molar-refractivity contribution in [2.75, 3.05) is 13.1 Å². The highest BCUT2D eigenvalue weighted by atomic mass is 32.2. The Morgan fingerprint density at radius 3 is 2.52 bits per heavy atom. The second kappa shape index (κ2) is 8.37. The van der Waals surface area contributed by atoms with Crippen molar-refractivity contribution in [3.05, 3.63) is 34.4 Å². The number of benzene rings is 1. The van der Waals surface area contributed by atoms with Crippen LogP contribution in [0, 0.1) is 16.0 Å². The molecule has 1 saturated carbocycles. The number of sulfonamides is 1. The largest absolute Gasteiger partial charge is 0.355 e. The molecule has 2 atom stereocenters. The lowest BCUT2D eigenvalue weighted by Crippen LogP contribution is -2.40. The van der Waals surface area contributed by atoms with Crippen LogP contribution in [0.4, 0.5) is 5.69 Å². The molecule has 0 aromatic heterocycles. The quantitative estimate of drug-likeness (QED) is 0.362. The van der Waals surface area contributed by atoms with Crippen LogP contribution in [-0.4, -0.2) is 38.4 Å². The molecular weight excluding hydrogens is 348 g/mol. The first-order valence-electron chi connectivity index (χ1n) is 8.07. The average Bonchev–Trinajstić information content (AvgIpc) is 2.58. The van der Waals surface area contributed by atoms with Gasteiger partial charge < -0.3 is 11.1 Å². The molecule has 4 N–H and O–H groups in total. The van der Waals surface area contributed by atoms with Crippen molar-refractivity contribution < 1.29 is 18.1 Å². The second-order valence-corrected chi connectivity index (χ2v) is 7.83. The average molecular weight is 370 g/mol. The first-order valence-corrected chi connectivity index (χ1v) is 9.55. The van der Waals surface area contributed by atoms with Gasteiger partial charge in [-0.3, -0.25) is 14.9 Å². The van der Waals surface area contributed by atoms with Gasteiger partial charge in [-0.1, -0.05) is 6.42 Å². The molecule has 1 fully saturated rings. The van der Waals surface area contributed by atoms with Gasteiger partial charge >= 0.3 is 0 Å². The monoisotopic (exact) mass is 370 g/mol. The van der Waals surface area contributed by atoms with Crippen molar-refractivity contribution in [1.29, 1.82) is 0 Å². The Morgan fingerprint density at radius 1 is 1.24 bits per heavy atom. The molecule has 0 aliphatic heterocycles. The number of amides is 1. The summed E-state index contributed by atoms with van der Waals surface area (Å²) in [5.41, 5.74) is 5.67. The number of nitro groups is 1. The van der Waals surface area contributed by atoms with Gasteiger partial charge in [0, 0.05) is 37.2 Å². The zero-order valence-corrected chi connectivity index (χ0v) is 14.5. The van der Waals surface area contributed by atoms with Gasteiger partial charge in [0.25, 0.3) is 5.69 Å². The zero-order valence-electron chi connectivity index (χ0n) is 13.7. The van der Waals surface area contributed by atoms with E-state index in [1.807, 2.05) is 0 Å². The minimum atomic E-state index is -3.78. The number of carbonyl (C=O) groups is 1. The third-order valence-electron chi connectivity index (χ3n) is 4.16. The number of rotatable bonds is 7. The fourth-order valence-corrected chi connectivity index (χ4v) is 3.84. The molecule has 0 radical (unpaired) electrons. The highest BCUT2D eigenvalue weighted by molar-refractivity contribution is 7.89. The van der Waals surface area contributed by atoms with E-state index in [-0.39, 0.29) is 41.5 Å². The Labute approximate surface area is 146 Å². The second-order valence-electron chi connectivity index (χ2n) is 6.06. The van der Waals surface area contributed by atoms with Gasteiger partial charge in [-0.25, -0.2) is 13.1 Å². The Morgan fingerprint density at radius 2 is 1.92 bits per heavy atom. The maximum Gasteiger partial charge on any atom is 0.269 e. The lowest BCUT2D eigenvalue weighted by atomic mass is 9.85. The lowest BCUT2D eigenvalue weighted by molar-refractivity contribution is -0.384. The molecule has 1 amide bonds. The van der Waals surface area contributed by atoms with Crippen LogP contribution in [0.15, 0.2) is 29.2 Å². The molecule has 25 heavy (non-hydrogen) atoms. The molecule has 0 saturated heterocycles. The first-order chi connectivity index (χ1) is 11.8. The van der Waals surface area contributed by atoms with Crippen LogP contribution < -0.4 is 15.8 Å². The van der Waals surface area contributed by atoms with Gasteiger partial charge in [-0.15, -0.1) is 0 Å². The van der Waals surface area contributed by atoms with Gasteiger partial charge in [-0.2, -0.15) is 0 Å². The predicted octanol–water partition coefficient (Wildman–Crippen LogP) is 0.507. The molecule has 0 bridgehead atoms. The zero-order chi connectivity index (χ0) is 18.4. The minimum absolute atomic E-state index is 0.0316. The van der Waals surface area contributed by atoms with E-state index in [0.717, 1.165) is 31.4 Å². The van der Waals surface area contributed by atoms with Crippen molar-refractivity contribution in [2.45, 2.75) is 36.6 Å². The summed E-state index contributed by atoms with van der Waals surface area (Å²) in [5.74, 6) is -0.222. The fraction of sp³-hybridized carbons (Fsp3) is 0.533. The highest BCUT2D eigenvalue weighted by Crippen LogP contribution is 2.23. The molecule has 0 spiro atoms. The molecule has 9 nitrogen and oxygen atoms in total. The summed E-state index contributed by atoms with van der Waals surface area (Å²) in [6.45, 7) is 0.195. The Bertz CT molecular complexity index is 720. The van der Waals surface area contributed by atoms with E-state index < -0.39 is 14.9 Å². The van der Waals surface area contributed by atoms with Crippen LogP contribution in [0.1, 0.15) is 25.7 Å². The maximum absolute atomic E-state index is 12.1. The topological polar surface area (TPSA) is 144 Å². The number of hydrogen-bond acceptors (Lipinski definition) is 6. The molecule has 10 heteroatoms. The number of carbonyl (C=O) groups excluding carboxylic acids is 1. The minimum Gasteiger partial charge on any atom is -0.355 e. The van der Waals surface area contributed by atoms with Crippen LogP contribution in [0.5, 0.6) is 0 Å². The van der Waals surface area contributed by atoms with Gasteiger partial charge in [0.05, 0.1) is 9.82 Å². The van der Waals surface area contributed by atoms with Crippen molar-refractivity contribution in [1.82, 2.24) is 10.0 Å². The van der Waals surface area contributed by atoms with E-state index >= 15 is 0 Å². The SMILES string of the molecule is NC1CCCC(C(=O)NCCNS(=O)(=O)c2ccc([N+](=O)[O-])cc2)C1. The van der Waals surface area contributed by atoms with Crippen LogP contribution in [0.2, 0.25) is 0 Å². The van der Waals surface area contributed by atoms with Crippen LogP contribution in [0.25, 0.3) is 0 Å². The molecule has 1 aliphatic rings. The highest BCUT2D eigenvalue weighted by Gasteiger charge is 2.25. The molecule has 0 heterocycles. The van der Waals surface area contributed by atoms with E-state index in [1.54, 1.807) is 0 Å².